The molecule has 0 spiro atoms. The van der Waals surface area contributed by atoms with Crippen molar-refractivity contribution in [3.8, 4) is 17.0 Å². The van der Waals surface area contributed by atoms with Crippen molar-refractivity contribution in [1.29, 1.82) is 0 Å². The summed E-state index contributed by atoms with van der Waals surface area (Å²) in [6.07, 6.45) is 5.75. The number of methoxy groups -OCH3 is 1. The molecule has 2 heterocycles. The van der Waals surface area contributed by atoms with E-state index < -0.39 is 0 Å². The van der Waals surface area contributed by atoms with Crippen LogP contribution in [0.25, 0.3) is 11.3 Å². The summed E-state index contributed by atoms with van der Waals surface area (Å²) < 4.78 is 5.95. The summed E-state index contributed by atoms with van der Waals surface area (Å²) in [7, 11) is 1.79. The molecule has 0 bridgehead atoms. The lowest BCUT2D eigenvalue weighted by Gasteiger charge is -2.36. The fraction of sp³-hybridized carbons (Fsp3) is 0.414. The van der Waals surface area contributed by atoms with Crippen LogP contribution >= 0.6 is 0 Å². The van der Waals surface area contributed by atoms with E-state index in [1.54, 1.807) is 7.11 Å². The number of hydrogen-bond donors (Lipinski definition) is 0. The van der Waals surface area contributed by atoms with Gasteiger partial charge in [0.1, 0.15) is 5.75 Å². The van der Waals surface area contributed by atoms with Gasteiger partial charge in [0.2, 0.25) is 0 Å². The highest BCUT2D eigenvalue weighted by atomic mass is 16.5. The molecule has 0 saturated carbocycles. The molecule has 0 radical (unpaired) electrons. The molecule has 3 heteroatoms. The van der Waals surface area contributed by atoms with Crippen LogP contribution in [0.1, 0.15) is 67.1 Å². The highest BCUT2D eigenvalue weighted by Gasteiger charge is 2.26. The van der Waals surface area contributed by atoms with Crippen LogP contribution in [0.4, 0.5) is 0 Å². The number of pyridine rings is 1. The normalized spacial score (nSPS) is 16.8. The van der Waals surface area contributed by atoms with E-state index in [0.29, 0.717) is 6.04 Å². The first kappa shape index (κ1) is 22.5. The average Bonchev–Trinajstić information content (AvgIpc) is 2.85. The molecular weight excluding hydrogens is 392 g/mol. The van der Waals surface area contributed by atoms with Crippen LogP contribution in [0.3, 0.4) is 0 Å². The zero-order chi connectivity index (χ0) is 22.5. The Labute approximate surface area is 193 Å². The minimum atomic E-state index is 0.459. The number of hydrogen-bond acceptors (Lipinski definition) is 3. The maximum atomic E-state index is 5.95. The van der Waals surface area contributed by atoms with Crippen molar-refractivity contribution >= 4 is 0 Å². The highest BCUT2D eigenvalue weighted by Crippen LogP contribution is 2.36. The fourth-order valence-corrected chi connectivity index (χ4v) is 5.18. The van der Waals surface area contributed by atoms with E-state index in [0.717, 1.165) is 43.1 Å². The smallest absolute Gasteiger partial charge is 0.127 e. The second kappa shape index (κ2) is 10.3. The predicted molar refractivity (Wildman–Crippen MR) is 133 cm³/mol. The Hall–Kier alpha value is -2.65. The number of nitrogens with zero attached hydrogens (tertiary/aromatic N) is 2. The quantitative estimate of drug-likeness (QED) is 0.408. The molecule has 2 aromatic carbocycles. The van der Waals surface area contributed by atoms with Gasteiger partial charge >= 0.3 is 0 Å². The number of aromatic nitrogens is 1. The first-order valence-corrected chi connectivity index (χ1v) is 12.1. The van der Waals surface area contributed by atoms with E-state index in [9.17, 15) is 0 Å². The van der Waals surface area contributed by atoms with E-state index >= 15 is 0 Å². The predicted octanol–water partition coefficient (Wildman–Crippen LogP) is 6.92. The molecule has 0 N–H and O–H groups in total. The van der Waals surface area contributed by atoms with Gasteiger partial charge in [-0.05, 0) is 55.8 Å². The molecule has 0 amide bonds. The molecule has 4 rings (SSSR count). The number of ether oxygens (including phenoxy) is 1. The van der Waals surface area contributed by atoms with Gasteiger partial charge in [-0.25, -0.2) is 0 Å². The van der Waals surface area contributed by atoms with Gasteiger partial charge in [0.15, 0.2) is 0 Å². The van der Waals surface area contributed by atoms with E-state index in [2.05, 4.69) is 80.3 Å². The first-order chi connectivity index (χ1) is 15.7. The third kappa shape index (κ3) is 4.59. The second-order valence-electron chi connectivity index (χ2n) is 8.82. The standard InChI is InChI=1S/C29H36N2O/c1-5-22-15-12-16-23(6-2)29(22)26-19-28(32-4)25(21(3)30-26)20-31-18-11-10-17-27(31)24-13-8-7-9-14-24/h7-9,12-16,19,27H,5-6,10-11,17-18,20H2,1-4H3. The summed E-state index contributed by atoms with van der Waals surface area (Å²) in [6, 6.07) is 20.2. The van der Waals surface area contributed by atoms with Gasteiger partial charge in [-0.15, -0.1) is 0 Å². The molecule has 1 aromatic heterocycles. The van der Waals surface area contributed by atoms with E-state index in [4.69, 9.17) is 9.72 Å². The van der Waals surface area contributed by atoms with Gasteiger partial charge in [0, 0.05) is 35.5 Å². The summed E-state index contributed by atoms with van der Waals surface area (Å²) in [5.74, 6) is 0.956. The van der Waals surface area contributed by atoms with Crippen LogP contribution in [-0.4, -0.2) is 23.5 Å². The second-order valence-corrected chi connectivity index (χ2v) is 8.82. The Morgan fingerprint density at radius 2 is 1.69 bits per heavy atom. The van der Waals surface area contributed by atoms with Gasteiger partial charge in [-0.3, -0.25) is 9.88 Å². The van der Waals surface area contributed by atoms with Crippen LogP contribution < -0.4 is 4.74 Å². The Morgan fingerprint density at radius 1 is 0.969 bits per heavy atom. The van der Waals surface area contributed by atoms with Crippen molar-refractivity contribution in [2.24, 2.45) is 0 Å². The molecule has 3 nitrogen and oxygen atoms in total. The minimum absolute atomic E-state index is 0.459. The maximum Gasteiger partial charge on any atom is 0.127 e. The molecule has 1 aliphatic rings. The van der Waals surface area contributed by atoms with Crippen LogP contribution in [0, 0.1) is 6.92 Å². The Balaban J connectivity index is 1.71. The fourth-order valence-electron chi connectivity index (χ4n) is 5.18. The SMILES string of the molecule is CCc1cccc(CC)c1-c1cc(OC)c(CN2CCCCC2c2ccccc2)c(C)n1. The Morgan fingerprint density at radius 3 is 2.34 bits per heavy atom. The Bertz CT molecular complexity index is 1020. The molecular formula is C29H36N2O. The van der Waals surface area contributed by atoms with E-state index in [1.165, 1.54) is 47.1 Å². The van der Waals surface area contributed by atoms with Crippen molar-refractivity contribution in [1.82, 2.24) is 9.88 Å². The molecule has 1 fully saturated rings. The maximum absolute atomic E-state index is 5.95. The lowest BCUT2D eigenvalue weighted by atomic mass is 9.93. The molecule has 0 aliphatic carbocycles. The highest BCUT2D eigenvalue weighted by molar-refractivity contribution is 5.70. The molecule has 1 aliphatic heterocycles. The van der Waals surface area contributed by atoms with Crippen molar-refractivity contribution in [3.63, 3.8) is 0 Å². The monoisotopic (exact) mass is 428 g/mol. The lowest BCUT2D eigenvalue weighted by molar-refractivity contribution is 0.138. The number of benzene rings is 2. The van der Waals surface area contributed by atoms with Gasteiger partial charge in [0.25, 0.3) is 0 Å². The topological polar surface area (TPSA) is 25.4 Å². The minimum Gasteiger partial charge on any atom is -0.496 e. The largest absolute Gasteiger partial charge is 0.496 e. The molecule has 1 unspecified atom stereocenters. The lowest BCUT2D eigenvalue weighted by Crippen LogP contribution is -2.33. The molecule has 32 heavy (non-hydrogen) atoms. The first-order valence-electron chi connectivity index (χ1n) is 12.1. The summed E-state index contributed by atoms with van der Waals surface area (Å²) in [5, 5.41) is 0. The summed E-state index contributed by atoms with van der Waals surface area (Å²) in [5.41, 5.74) is 8.73. The van der Waals surface area contributed by atoms with E-state index in [1.807, 2.05) is 0 Å². The number of aryl methyl sites for hydroxylation is 3. The van der Waals surface area contributed by atoms with Crippen LogP contribution in [0.15, 0.2) is 54.6 Å². The molecule has 3 aromatic rings. The summed E-state index contributed by atoms with van der Waals surface area (Å²) >= 11 is 0. The van der Waals surface area contributed by atoms with Gasteiger partial charge < -0.3 is 4.74 Å². The number of piperidine rings is 1. The molecule has 168 valence electrons. The van der Waals surface area contributed by atoms with Gasteiger partial charge in [-0.1, -0.05) is 68.8 Å². The Kier molecular flexibility index (Phi) is 7.26. The number of rotatable bonds is 7. The number of likely N-dealkylation sites (tertiary alicyclic amines) is 1. The average molecular weight is 429 g/mol. The van der Waals surface area contributed by atoms with Crippen LogP contribution in [0.5, 0.6) is 5.75 Å². The zero-order valence-corrected chi connectivity index (χ0v) is 20.0. The molecule has 1 atom stereocenters. The van der Waals surface area contributed by atoms with Gasteiger partial charge in [0.05, 0.1) is 12.8 Å². The summed E-state index contributed by atoms with van der Waals surface area (Å²) in [4.78, 5) is 7.74. The molecule has 1 saturated heterocycles. The van der Waals surface area contributed by atoms with Crippen molar-refractivity contribution < 1.29 is 4.74 Å². The zero-order valence-electron chi connectivity index (χ0n) is 20.0. The third-order valence-electron chi connectivity index (χ3n) is 6.92. The van der Waals surface area contributed by atoms with Crippen LogP contribution in [-0.2, 0) is 19.4 Å². The van der Waals surface area contributed by atoms with Crippen molar-refractivity contribution in [2.45, 2.75) is 65.5 Å². The van der Waals surface area contributed by atoms with Crippen molar-refractivity contribution in [3.05, 3.63) is 82.5 Å². The van der Waals surface area contributed by atoms with E-state index in [-0.39, 0.29) is 0 Å². The van der Waals surface area contributed by atoms with Gasteiger partial charge in [-0.2, -0.15) is 0 Å². The van der Waals surface area contributed by atoms with Crippen LogP contribution in [0.2, 0.25) is 0 Å². The van der Waals surface area contributed by atoms with Crippen molar-refractivity contribution in [2.75, 3.05) is 13.7 Å². The third-order valence-corrected chi connectivity index (χ3v) is 6.92. The summed E-state index contributed by atoms with van der Waals surface area (Å²) in [6.45, 7) is 8.57.